The lowest BCUT2D eigenvalue weighted by molar-refractivity contribution is -0.112. The minimum absolute atomic E-state index is 0.00421. The van der Waals surface area contributed by atoms with Gasteiger partial charge in [-0.2, -0.15) is 5.26 Å². The molecule has 0 aromatic heterocycles. The van der Waals surface area contributed by atoms with Crippen LogP contribution in [0.25, 0.3) is 6.08 Å². The van der Waals surface area contributed by atoms with E-state index in [9.17, 15) is 14.4 Å². The van der Waals surface area contributed by atoms with Gasteiger partial charge in [-0.25, -0.2) is 9.59 Å². The van der Waals surface area contributed by atoms with E-state index in [0.717, 1.165) is 0 Å². The van der Waals surface area contributed by atoms with E-state index in [4.69, 9.17) is 15.5 Å². The Balaban J connectivity index is 2.21. The summed E-state index contributed by atoms with van der Waals surface area (Å²) in [7, 11) is 0. The molecular weight excluding hydrogens is 324 g/mol. The average molecular weight is 336 g/mol. The number of rotatable bonds is 5. The van der Waals surface area contributed by atoms with Gasteiger partial charge in [-0.05, 0) is 42.0 Å². The number of carbonyl (C=O) groups excluding carboxylic acids is 1. The van der Waals surface area contributed by atoms with Gasteiger partial charge in [0.15, 0.2) is 0 Å². The van der Waals surface area contributed by atoms with Crippen LogP contribution in [0, 0.1) is 11.3 Å². The Kier molecular flexibility index (Phi) is 5.28. The zero-order valence-corrected chi connectivity index (χ0v) is 12.8. The smallest absolute Gasteiger partial charge is 0.335 e. The lowest BCUT2D eigenvalue weighted by atomic mass is 10.1. The Hall–Kier alpha value is -3.92. The van der Waals surface area contributed by atoms with Crippen molar-refractivity contribution in [3.63, 3.8) is 0 Å². The highest BCUT2D eigenvalue weighted by molar-refractivity contribution is 6.10. The fourth-order valence-electron chi connectivity index (χ4n) is 1.97. The van der Waals surface area contributed by atoms with E-state index in [1.165, 1.54) is 54.6 Å². The summed E-state index contributed by atoms with van der Waals surface area (Å²) in [5.41, 5.74) is 0.613. The number of carboxylic acids is 2. The lowest BCUT2D eigenvalue weighted by Crippen LogP contribution is -2.14. The van der Waals surface area contributed by atoms with Gasteiger partial charge in [0.2, 0.25) is 0 Å². The van der Waals surface area contributed by atoms with Crippen LogP contribution in [-0.4, -0.2) is 28.1 Å². The van der Waals surface area contributed by atoms with Crippen molar-refractivity contribution in [2.45, 2.75) is 0 Å². The number of carbonyl (C=O) groups is 3. The van der Waals surface area contributed by atoms with Gasteiger partial charge in [0.05, 0.1) is 11.1 Å². The first kappa shape index (κ1) is 17.4. The van der Waals surface area contributed by atoms with Crippen LogP contribution in [0.1, 0.15) is 26.3 Å². The molecule has 0 unspecified atom stereocenters. The molecule has 2 aromatic rings. The second kappa shape index (κ2) is 7.57. The second-order valence-corrected chi connectivity index (χ2v) is 4.94. The molecule has 0 aliphatic carbocycles. The molecular formula is C18H12N2O5. The van der Waals surface area contributed by atoms with Crippen molar-refractivity contribution in [3.8, 4) is 6.07 Å². The largest absolute Gasteiger partial charge is 0.478 e. The van der Waals surface area contributed by atoms with Crippen LogP contribution in [0.5, 0.6) is 0 Å². The first-order chi connectivity index (χ1) is 11.9. The third kappa shape index (κ3) is 4.53. The molecule has 0 spiro atoms. The minimum atomic E-state index is -1.13. The standard InChI is InChI=1S/C18H12N2O5/c19-10-14(8-11-4-6-12(7-5-11)17(22)23)16(21)20-15-3-1-2-13(9-15)18(24)25/h1-9H,(H,20,21)(H,22,23)(H,24,25). The Morgan fingerprint density at radius 1 is 0.960 bits per heavy atom. The highest BCUT2D eigenvalue weighted by Crippen LogP contribution is 2.14. The molecule has 7 nitrogen and oxygen atoms in total. The van der Waals surface area contributed by atoms with Crippen molar-refractivity contribution in [2.24, 2.45) is 0 Å². The maximum Gasteiger partial charge on any atom is 0.335 e. The number of amides is 1. The molecule has 25 heavy (non-hydrogen) atoms. The second-order valence-electron chi connectivity index (χ2n) is 4.94. The molecule has 0 bridgehead atoms. The predicted octanol–water partition coefficient (Wildman–Crippen LogP) is 2.63. The van der Waals surface area contributed by atoms with E-state index in [1.807, 2.05) is 0 Å². The molecule has 0 radical (unpaired) electrons. The van der Waals surface area contributed by atoms with Gasteiger partial charge in [0.1, 0.15) is 11.6 Å². The fourth-order valence-corrected chi connectivity index (χ4v) is 1.97. The number of hydrogen-bond acceptors (Lipinski definition) is 4. The third-order valence-corrected chi connectivity index (χ3v) is 3.20. The number of anilines is 1. The molecule has 0 saturated heterocycles. The zero-order chi connectivity index (χ0) is 18.4. The van der Waals surface area contributed by atoms with Gasteiger partial charge in [-0.3, -0.25) is 4.79 Å². The fraction of sp³-hybridized carbons (Fsp3) is 0. The highest BCUT2D eigenvalue weighted by atomic mass is 16.4. The van der Waals surface area contributed by atoms with Crippen LogP contribution in [0.2, 0.25) is 0 Å². The molecule has 3 N–H and O–H groups in total. The van der Waals surface area contributed by atoms with Gasteiger partial charge < -0.3 is 15.5 Å². The van der Waals surface area contributed by atoms with E-state index < -0.39 is 17.8 Å². The van der Waals surface area contributed by atoms with Crippen LogP contribution in [0.3, 0.4) is 0 Å². The van der Waals surface area contributed by atoms with Crippen LogP contribution in [-0.2, 0) is 4.79 Å². The predicted molar refractivity (Wildman–Crippen MR) is 89.0 cm³/mol. The quantitative estimate of drug-likeness (QED) is 0.569. The molecule has 124 valence electrons. The van der Waals surface area contributed by atoms with Crippen LogP contribution in [0.4, 0.5) is 5.69 Å². The zero-order valence-electron chi connectivity index (χ0n) is 12.8. The minimum Gasteiger partial charge on any atom is -0.478 e. The average Bonchev–Trinajstić information content (AvgIpc) is 2.60. The molecule has 0 atom stereocenters. The van der Waals surface area contributed by atoms with E-state index in [0.29, 0.717) is 5.56 Å². The summed E-state index contributed by atoms with van der Waals surface area (Å²) in [6.45, 7) is 0. The Morgan fingerprint density at radius 2 is 1.60 bits per heavy atom. The van der Waals surface area contributed by atoms with Crippen LogP contribution >= 0.6 is 0 Å². The SMILES string of the molecule is N#CC(=Cc1ccc(C(=O)O)cc1)C(=O)Nc1cccc(C(=O)O)c1. The van der Waals surface area contributed by atoms with Crippen molar-refractivity contribution in [3.05, 3.63) is 70.8 Å². The summed E-state index contributed by atoms with van der Waals surface area (Å²) in [5.74, 6) is -2.91. The molecule has 7 heteroatoms. The summed E-state index contributed by atoms with van der Waals surface area (Å²) in [6.07, 6.45) is 1.31. The number of hydrogen-bond donors (Lipinski definition) is 3. The molecule has 0 fully saturated rings. The molecule has 0 saturated carbocycles. The first-order valence-electron chi connectivity index (χ1n) is 7.00. The van der Waals surface area contributed by atoms with E-state index in [1.54, 1.807) is 6.07 Å². The highest BCUT2D eigenvalue weighted by Gasteiger charge is 2.11. The summed E-state index contributed by atoms with van der Waals surface area (Å²) in [4.78, 5) is 33.9. The van der Waals surface area contributed by atoms with Crippen LogP contribution in [0.15, 0.2) is 54.1 Å². The normalized spacial score (nSPS) is 10.6. The maximum absolute atomic E-state index is 12.2. The van der Waals surface area contributed by atoms with Gasteiger partial charge in [-0.1, -0.05) is 18.2 Å². The number of aromatic carboxylic acids is 2. The van der Waals surface area contributed by atoms with Crippen molar-refractivity contribution in [1.29, 1.82) is 5.26 Å². The van der Waals surface area contributed by atoms with Gasteiger partial charge in [-0.15, -0.1) is 0 Å². The first-order valence-corrected chi connectivity index (χ1v) is 7.00. The molecule has 2 aromatic carbocycles. The van der Waals surface area contributed by atoms with Gasteiger partial charge in [0.25, 0.3) is 5.91 Å². The van der Waals surface area contributed by atoms with Crippen molar-refractivity contribution < 1.29 is 24.6 Å². The summed E-state index contributed by atoms with van der Waals surface area (Å²) in [5, 5.41) is 29.4. The third-order valence-electron chi connectivity index (χ3n) is 3.20. The number of nitrogens with one attached hydrogen (secondary N) is 1. The molecule has 1 amide bonds. The Morgan fingerprint density at radius 3 is 2.16 bits per heavy atom. The van der Waals surface area contributed by atoms with E-state index >= 15 is 0 Å². The number of nitrogens with zero attached hydrogens (tertiary/aromatic N) is 1. The van der Waals surface area contributed by atoms with Crippen molar-refractivity contribution in [1.82, 2.24) is 0 Å². The van der Waals surface area contributed by atoms with Crippen LogP contribution < -0.4 is 5.32 Å². The number of nitriles is 1. The van der Waals surface area contributed by atoms with Gasteiger partial charge >= 0.3 is 11.9 Å². The van der Waals surface area contributed by atoms with Crippen molar-refractivity contribution >= 4 is 29.6 Å². The van der Waals surface area contributed by atoms with E-state index in [2.05, 4.69) is 5.32 Å². The Labute approximate surface area is 142 Å². The summed E-state index contributed by atoms with van der Waals surface area (Å²) < 4.78 is 0. The van der Waals surface area contributed by atoms with E-state index in [-0.39, 0.29) is 22.4 Å². The Bertz CT molecular complexity index is 908. The number of benzene rings is 2. The summed E-state index contributed by atoms with van der Waals surface area (Å²) in [6, 6.07) is 13.0. The number of carboxylic acid groups (broad SMARTS) is 2. The molecule has 0 heterocycles. The summed E-state index contributed by atoms with van der Waals surface area (Å²) >= 11 is 0. The lowest BCUT2D eigenvalue weighted by Gasteiger charge is -2.05. The topological polar surface area (TPSA) is 127 Å². The maximum atomic E-state index is 12.2. The molecule has 2 rings (SSSR count). The monoisotopic (exact) mass is 336 g/mol. The van der Waals surface area contributed by atoms with Gasteiger partial charge in [0, 0.05) is 5.69 Å². The molecule has 0 aliphatic rings. The molecule has 0 aliphatic heterocycles. The van der Waals surface area contributed by atoms with Crippen molar-refractivity contribution in [2.75, 3.05) is 5.32 Å².